The van der Waals surface area contributed by atoms with Crippen molar-refractivity contribution in [2.24, 2.45) is 0 Å². The summed E-state index contributed by atoms with van der Waals surface area (Å²) in [6, 6.07) is 10.2. The van der Waals surface area contributed by atoms with Crippen molar-refractivity contribution in [3.8, 4) is 5.75 Å². The monoisotopic (exact) mass is 556 g/mol. The molecule has 1 N–H and O–H groups in total. The zero-order chi connectivity index (χ0) is 24.8. The van der Waals surface area contributed by atoms with Gasteiger partial charge < -0.3 is 15.0 Å². The first-order valence-corrected chi connectivity index (χ1v) is 12.5. The fourth-order valence-electron chi connectivity index (χ4n) is 3.33. The average Bonchev–Trinajstić information content (AvgIpc) is 2.73. The summed E-state index contributed by atoms with van der Waals surface area (Å²) < 4.78 is 6.59. The quantitative estimate of drug-likeness (QED) is 0.387. The normalized spacial score (nSPS) is 12.2. The zero-order valence-corrected chi connectivity index (χ0v) is 22.8. The molecule has 0 fully saturated rings. The predicted octanol–water partition coefficient (Wildman–Crippen LogP) is 6.42. The zero-order valence-electron chi connectivity index (χ0n) is 19.7. The highest BCUT2D eigenvalue weighted by Gasteiger charge is 2.31. The first-order chi connectivity index (χ1) is 15.5. The van der Waals surface area contributed by atoms with Crippen LogP contribution in [-0.4, -0.2) is 34.9 Å². The second kappa shape index (κ2) is 12.1. The van der Waals surface area contributed by atoms with E-state index in [-0.39, 0.29) is 25.0 Å². The Labute approximate surface area is 214 Å². The number of rotatable bonds is 9. The van der Waals surface area contributed by atoms with E-state index < -0.39 is 11.6 Å². The molecule has 0 aliphatic heterocycles. The van der Waals surface area contributed by atoms with Gasteiger partial charge in [0.25, 0.3) is 5.91 Å². The lowest BCUT2D eigenvalue weighted by Gasteiger charge is -2.33. The number of nitrogens with one attached hydrogen (secondary N) is 1. The van der Waals surface area contributed by atoms with Crippen molar-refractivity contribution in [1.29, 1.82) is 0 Å². The highest BCUT2D eigenvalue weighted by atomic mass is 79.9. The summed E-state index contributed by atoms with van der Waals surface area (Å²) >= 11 is 16.2. The summed E-state index contributed by atoms with van der Waals surface area (Å²) in [7, 11) is 0. The number of hydrogen-bond donors (Lipinski definition) is 1. The second-order valence-electron chi connectivity index (χ2n) is 8.79. The Morgan fingerprint density at radius 3 is 2.27 bits per heavy atom. The number of aryl methyl sites for hydroxylation is 1. The minimum atomic E-state index is -0.710. The van der Waals surface area contributed by atoms with Crippen LogP contribution in [-0.2, 0) is 22.6 Å². The molecular formula is C25H31BrCl2N2O3. The maximum Gasteiger partial charge on any atom is 0.261 e. The van der Waals surface area contributed by atoms with Gasteiger partial charge in [0.05, 0.1) is 4.47 Å². The molecule has 2 rings (SSSR count). The van der Waals surface area contributed by atoms with E-state index >= 15 is 0 Å². The van der Waals surface area contributed by atoms with Crippen LogP contribution in [0.1, 0.15) is 52.2 Å². The molecule has 0 bridgehead atoms. The molecule has 8 heteroatoms. The van der Waals surface area contributed by atoms with Crippen LogP contribution in [0.4, 0.5) is 0 Å². The van der Waals surface area contributed by atoms with Gasteiger partial charge in [0, 0.05) is 27.7 Å². The minimum absolute atomic E-state index is 0.0900. The molecule has 0 aliphatic carbocycles. The minimum Gasteiger partial charge on any atom is -0.483 e. The lowest BCUT2D eigenvalue weighted by atomic mass is 10.1. The smallest absolute Gasteiger partial charge is 0.261 e. The molecule has 2 amide bonds. The summed E-state index contributed by atoms with van der Waals surface area (Å²) in [4.78, 5) is 27.9. The molecule has 5 nitrogen and oxygen atoms in total. The Kier molecular flexibility index (Phi) is 10.1. The van der Waals surface area contributed by atoms with Gasteiger partial charge in [0.15, 0.2) is 6.61 Å². The Morgan fingerprint density at radius 1 is 1.12 bits per heavy atom. The van der Waals surface area contributed by atoms with E-state index in [0.29, 0.717) is 27.8 Å². The lowest BCUT2D eigenvalue weighted by molar-refractivity contribution is -0.143. The lowest BCUT2D eigenvalue weighted by Crippen LogP contribution is -2.54. The summed E-state index contributed by atoms with van der Waals surface area (Å²) in [6.07, 6.45) is 1.32. The molecule has 1 atom stereocenters. The van der Waals surface area contributed by atoms with Gasteiger partial charge in [0.2, 0.25) is 5.91 Å². The van der Waals surface area contributed by atoms with Crippen LogP contribution in [0.25, 0.3) is 0 Å². The largest absolute Gasteiger partial charge is 0.483 e. The molecule has 0 saturated carbocycles. The third-order valence-electron chi connectivity index (χ3n) is 5.03. The predicted molar refractivity (Wildman–Crippen MR) is 138 cm³/mol. The van der Waals surface area contributed by atoms with Crippen LogP contribution in [0, 0.1) is 0 Å². The highest BCUT2D eigenvalue weighted by Crippen LogP contribution is 2.28. The van der Waals surface area contributed by atoms with Crippen molar-refractivity contribution in [3.63, 3.8) is 0 Å². The van der Waals surface area contributed by atoms with Crippen LogP contribution in [0.2, 0.25) is 10.0 Å². The van der Waals surface area contributed by atoms with Crippen molar-refractivity contribution >= 4 is 50.9 Å². The number of benzene rings is 2. The number of halogens is 3. The molecule has 0 saturated heterocycles. The van der Waals surface area contributed by atoms with Crippen molar-refractivity contribution in [2.45, 2.75) is 65.6 Å². The molecule has 0 heterocycles. The first-order valence-electron chi connectivity index (χ1n) is 10.9. The van der Waals surface area contributed by atoms with Crippen LogP contribution in [0.3, 0.4) is 0 Å². The van der Waals surface area contributed by atoms with Crippen LogP contribution >= 0.6 is 39.1 Å². The van der Waals surface area contributed by atoms with Gasteiger partial charge in [-0.3, -0.25) is 9.59 Å². The van der Waals surface area contributed by atoms with Gasteiger partial charge >= 0.3 is 0 Å². The van der Waals surface area contributed by atoms with Crippen molar-refractivity contribution in [2.75, 3.05) is 6.61 Å². The Hall–Kier alpha value is -1.76. The highest BCUT2D eigenvalue weighted by molar-refractivity contribution is 9.10. The number of ether oxygens (including phenoxy) is 1. The Balaban J connectivity index is 2.32. The van der Waals surface area contributed by atoms with Crippen molar-refractivity contribution in [1.82, 2.24) is 10.2 Å². The molecule has 0 spiro atoms. The van der Waals surface area contributed by atoms with Gasteiger partial charge in [-0.05, 0) is 79.4 Å². The fraction of sp³-hybridized carbons (Fsp3) is 0.440. The summed E-state index contributed by atoms with van der Waals surface area (Å²) in [5.74, 6) is -0.0214. The molecule has 0 radical (unpaired) electrons. The third kappa shape index (κ3) is 7.90. The maximum atomic E-state index is 13.4. The topological polar surface area (TPSA) is 58.6 Å². The van der Waals surface area contributed by atoms with Gasteiger partial charge in [-0.2, -0.15) is 0 Å². The molecule has 0 aliphatic rings. The number of carbonyl (C=O) groups excluding carboxylic acids is 2. The SMILES string of the molecule is CCc1ccc(OCC(=O)N(Cc2c(Cl)cccc2Cl)C(CC)C(=O)NC(C)(C)C)c(Br)c1. The van der Waals surface area contributed by atoms with E-state index in [1.54, 1.807) is 18.2 Å². The molecule has 180 valence electrons. The molecule has 2 aromatic carbocycles. The molecule has 33 heavy (non-hydrogen) atoms. The molecule has 1 unspecified atom stereocenters. The number of hydrogen-bond acceptors (Lipinski definition) is 3. The van der Waals surface area contributed by atoms with E-state index in [0.717, 1.165) is 16.5 Å². The summed E-state index contributed by atoms with van der Waals surface area (Å²) in [6.45, 7) is 9.48. The van der Waals surface area contributed by atoms with Gasteiger partial charge in [-0.25, -0.2) is 0 Å². The van der Waals surface area contributed by atoms with Gasteiger partial charge in [-0.1, -0.05) is 49.2 Å². The number of nitrogens with zero attached hydrogens (tertiary/aromatic N) is 1. The molecule has 2 aromatic rings. The summed E-state index contributed by atoms with van der Waals surface area (Å²) in [5.41, 5.74) is 1.30. The number of amides is 2. The third-order valence-corrected chi connectivity index (χ3v) is 6.36. The molecular weight excluding hydrogens is 527 g/mol. The second-order valence-corrected chi connectivity index (χ2v) is 10.5. The van der Waals surface area contributed by atoms with Crippen molar-refractivity contribution < 1.29 is 14.3 Å². The van der Waals surface area contributed by atoms with E-state index in [4.69, 9.17) is 27.9 Å². The number of carbonyl (C=O) groups is 2. The van der Waals surface area contributed by atoms with E-state index in [1.807, 2.05) is 45.9 Å². The van der Waals surface area contributed by atoms with Crippen LogP contribution < -0.4 is 10.1 Å². The Bertz CT molecular complexity index is 972. The standard InChI is InChI=1S/C25H31BrCl2N2O3/c1-6-16-11-12-22(18(26)13-16)33-15-23(31)30(14-17-19(27)9-8-10-20(17)28)21(7-2)24(32)29-25(3,4)5/h8-13,21H,6-7,14-15H2,1-5H3,(H,29,32). The molecule has 0 aromatic heterocycles. The van der Waals surface area contributed by atoms with Crippen LogP contribution in [0.5, 0.6) is 5.75 Å². The fourth-order valence-corrected chi connectivity index (χ4v) is 4.39. The average molecular weight is 558 g/mol. The first kappa shape index (κ1) is 27.5. The Morgan fingerprint density at radius 2 is 1.76 bits per heavy atom. The van der Waals surface area contributed by atoms with Gasteiger partial charge in [0.1, 0.15) is 11.8 Å². The van der Waals surface area contributed by atoms with E-state index in [1.165, 1.54) is 4.90 Å². The van der Waals surface area contributed by atoms with Gasteiger partial charge in [-0.15, -0.1) is 0 Å². The van der Waals surface area contributed by atoms with E-state index in [9.17, 15) is 9.59 Å². The van der Waals surface area contributed by atoms with Crippen molar-refractivity contribution in [3.05, 3.63) is 62.0 Å². The maximum absolute atomic E-state index is 13.4. The van der Waals surface area contributed by atoms with E-state index in [2.05, 4.69) is 28.2 Å². The van der Waals surface area contributed by atoms with Crippen LogP contribution in [0.15, 0.2) is 40.9 Å². The summed E-state index contributed by atoms with van der Waals surface area (Å²) in [5, 5.41) is 3.84.